The van der Waals surface area contributed by atoms with E-state index in [2.05, 4.69) is 5.32 Å². The molecular formula is C2H7NO5S. The zero-order chi connectivity index (χ0) is 7.91. The average Bonchev–Trinajstić information content (AvgIpc) is 1.61. The SMILES string of the molecule is CNC=O.O=S(=O)(O)O. The van der Waals surface area contributed by atoms with Crippen LogP contribution in [0.15, 0.2) is 0 Å². The number of amides is 1. The Morgan fingerprint density at radius 1 is 1.44 bits per heavy atom. The molecule has 0 aliphatic carbocycles. The third-order valence-corrected chi connectivity index (χ3v) is 0.118. The van der Waals surface area contributed by atoms with Gasteiger partial charge in [0.25, 0.3) is 0 Å². The van der Waals surface area contributed by atoms with Crippen LogP contribution in [0.25, 0.3) is 0 Å². The maximum Gasteiger partial charge on any atom is 0.394 e. The number of nitrogens with one attached hydrogen (secondary N) is 1. The van der Waals surface area contributed by atoms with Crippen LogP contribution in [0.4, 0.5) is 0 Å². The summed E-state index contributed by atoms with van der Waals surface area (Å²) in [6.07, 6.45) is 0.625. The van der Waals surface area contributed by atoms with Gasteiger partial charge in [0.15, 0.2) is 0 Å². The van der Waals surface area contributed by atoms with E-state index in [1.807, 2.05) is 0 Å². The molecule has 0 fully saturated rings. The summed E-state index contributed by atoms with van der Waals surface area (Å²) in [5.41, 5.74) is 0. The molecule has 0 spiro atoms. The summed E-state index contributed by atoms with van der Waals surface area (Å²) in [6.45, 7) is 0. The van der Waals surface area contributed by atoms with Gasteiger partial charge in [0.1, 0.15) is 0 Å². The molecule has 3 N–H and O–H groups in total. The monoisotopic (exact) mass is 157 g/mol. The van der Waals surface area contributed by atoms with E-state index in [4.69, 9.17) is 22.3 Å². The van der Waals surface area contributed by atoms with Crippen molar-refractivity contribution in [2.45, 2.75) is 0 Å². The second-order valence-electron chi connectivity index (χ2n) is 0.854. The lowest BCUT2D eigenvalue weighted by Crippen LogP contribution is -1.98. The fourth-order valence-corrected chi connectivity index (χ4v) is 0. The van der Waals surface area contributed by atoms with Crippen LogP contribution in [0.5, 0.6) is 0 Å². The second-order valence-corrected chi connectivity index (χ2v) is 1.75. The van der Waals surface area contributed by atoms with Gasteiger partial charge in [-0.15, -0.1) is 0 Å². The number of carbonyl (C=O) groups is 1. The van der Waals surface area contributed by atoms with Crippen molar-refractivity contribution in [3.05, 3.63) is 0 Å². The molecule has 0 aromatic carbocycles. The molecule has 0 rings (SSSR count). The van der Waals surface area contributed by atoms with Crippen LogP contribution in [0.2, 0.25) is 0 Å². The van der Waals surface area contributed by atoms with Crippen LogP contribution >= 0.6 is 0 Å². The van der Waals surface area contributed by atoms with E-state index in [0.29, 0.717) is 6.41 Å². The van der Waals surface area contributed by atoms with Crippen molar-refractivity contribution in [3.63, 3.8) is 0 Å². The van der Waals surface area contributed by atoms with Gasteiger partial charge in [-0.25, -0.2) is 0 Å². The fraction of sp³-hybridized carbons (Fsp3) is 0.500. The lowest BCUT2D eigenvalue weighted by molar-refractivity contribution is -0.109. The average molecular weight is 157 g/mol. The molecule has 0 radical (unpaired) electrons. The molecule has 0 saturated heterocycles. The van der Waals surface area contributed by atoms with Crippen LogP contribution in [0.1, 0.15) is 0 Å². The number of carbonyl (C=O) groups excluding carboxylic acids is 1. The zero-order valence-electron chi connectivity index (χ0n) is 4.60. The van der Waals surface area contributed by atoms with E-state index in [0.717, 1.165) is 0 Å². The summed E-state index contributed by atoms with van der Waals surface area (Å²) in [4.78, 5) is 9.06. The van der Waals surface area contributed by atoms with E-state index < -0.39 is 10.4 Å². The van der Waals surface area contributed by atoms with Gasteiger partial charge in [0.2, 0.25) is 6.41 Å². The first-order valence-electron chi connectivity index (χ1n) is 1.72. The lowest BCUT2D eigenvalue weighted by atomic mass is 11.2. The fourth-order valence-electron chi connectivity index (χ4n) is 0. The molecule has 0 aliphatic heterocycles. The third-order valence-electron chi connectivity index (χ3n) is 0.118. The van der Waals surface area contributed by atoms with E-state index in [-0.39, 0.29) is 0 Å². The van der Waals surface area contributed by atoms with Gasteiger partial charge in [-0.3, -0.25) is 13.9 Å². The maximum atomic E-state index is 9.06. The summed E-state index contributed by atoms with van der Waals surface area (Å²) in [6, 6.07) is 0. The first-order valence-corrected chi connectivity index (χ1v) is 3.12. The summed E-state index contributed by atoms with van der Waals surface area (Å²) < 4.78 is 31.6. The van der Waals surface area contributed by atoms with Crippen molar-refractivity contribution < 1.29 is 22.3 Å². The first kappa shape index (κ1) is 11.2. The molecule has 0 aliphatic rings. The minimum Gasteiger partial charge on any atom is -0.362 e. The quantitative estimate of drug-likeness (QED) is 0.324. The molecule has 9 heavy (non-hydrogen) atoms. The van der Waals surface area contributed by atoms with Gasteiger partial charge in [0, 0.05) is 7.05 Å². The highest BCUT2D eigenvalue weighted by molar-refractivity contribution is 7.79. The Balaban J connectivity index is 0. The molecule has 56 valence electrons. The smallest absolute Gasteiger partial charge is 0.362 e. The van der Waals surface area contributed by atoms with Crippen LogP contribution in [0, 0.1) is 0 Å². The van der Waals surface area contributed by atoms with Crippen LogP contribution in [-0.2, 0) is 15.2 Å². The van der Waals surface area contributed by atoms with Gasteiger partial charge >= 0.3 is 10.4 Å². The van der Waals surface area contributed by atoms with E-state index in [9.17, 15) is 0 Å². The van der Waals surface area contributed by atoms with Crippen LogP contribution in [-0.4, -0.2) is 31.0 Å². The predicted molar refractivity (Wildman–Crippen MR) is 29.3 cm³/mol. The molecule has 0 aromatic rings. The predicted octanol–water partition coefficient (Wildman–Crippen LogP) is -1.29. The Morgan fingerprint density at radius 2 is 1.56 bits per heavy atom. The molecule has 0 heterocycles. The largest absolute Gasteiger partial charge is 0.394 e. The Bertz CT molecular complexity index is 140. The van der Waals surface area contributed by atoms with Crippen molar-refractivity contribution in [3.8, 4) is 0 Å². The van der Waals surface area contributed by atoms with Gasteiger partial charge in [0.05, 0.1) is 0 Å². The van der Waals surface area contributed by atoms with Crippen molar-refractivity contribution in [1.82, 2.24) is 5.32 Å². The van der Waals surface area contributed by atoms with Gasteiger partial charge in [-0.05, 0) is 0 Å². The normalized spacial score (nSPS) is 8.78. The molecule has 0 atom stereocenters. The number of hydrogen-bond donors (Lipinski definition) is 3. The molecule has 0 aromatic heterocycles. The molecule has 0 bridgehead atoms. The third kappa shape index (κ3) is 1810. The Labute approximate surface area is 52.5 Å². The molecule has 6 nitrogen and oxygen atoms in total. The number of hydrogen-bond acceptors (Lipinski definition) is 3. The Kier molecular flexibility index (Phi) is 6.80. The first-order chi connectivity index (χ1) is 3.91. The highest BCUT2D eigenvalue weighted by Gasteiger charge is 1.84. The van der Waals surface area contributed by atoms with Crippen molar-refractivity contribution in [1.29, 1.82) is 0 Å². The molecule has 0 unspecified atom stereocenters. The minimum absolute atomic E-state index is 0.625. The van der Waals surface area contributed by atoms with Crippen molar-refractivity contribution >= 4 is 16.8 Å². The molecular weight excluding hydrogens is 150 g/mol. The van der Waals surface area contributed by atoms with E-state index in [1.165, 1.54) is 0 Å². The molecule has 1 amide bonds. The summed E-state index contributed by atoms with van der Waals surface area (Å²) in [7, 11) is -3.10. The summed E-state index contributed by atoms with van der Waals surface area (Å²) in [5.74, 6) is 0. The lowest BCUT2D eigenvalue weighted by Gasteiger charge is -1.68. The van der Waals surface area contributed by atoms with Gasteiger partial charge in [-0.2, -0.15) is 8.42 Å². The highest BCUT2D eigenvalue weighted by atomic mass is 32.3. The standard InChI is InChI=1S/C2H5NO.H2O4S/c1-3-2-4;1-5(2,3)4/h2H,1H3,(H,3,4);(H2,1,2,3,4). The van der Waals surface area contributed by atoms with Crippen LogP contribution < -0.4 is 5.32 Å². The Hall–Kier alpha value is -0.660. The van der Waals surface area contributed by atoms with Gasteiger partial charge in [-0.1, -0.05) is 0 Å². The van der Waals surface area contributed by atoms with E-state index in [1.54, 1.807) is 7.05 Å². The zero-order valence-corrected chi connectivity index (χ0v) is 5.42. The summed E-state index contributed by atoms with van der Waals surface area (Å²) in [5, 5.41) is 2.25. The molecule has 0 saturated carbocycles. The van der Waals surface area contributed by atoms with Crippen molar-refractivity contribution in [2.24, 2.45) is 0 Å². The van der Waals surface area contributed by atoms with Gasteiger partial charge < -0.3 is 5.32 Å². The Morgan fingerprint density at radius 3 is 1.56 bits per heavy atom. The second kappa shape index (κ2) is 5.48. The topological polar surface area (TPSA) is 104 Å². The minimum atomic E-state index is -4.67. The molecule has 7 heteroatoms. The maximum absolute atomic E-state index is 9.06. The van der Waals surface area contributed by atoms with Crippen molar-refractivity contribution in [2.75, 3.05) is 7.05 Å². The summed E-state index contributed by atoms with van der Waals surface area (Å²) >= 11 is 0. The highest BCUT2D eigenvalue weighted by Crippen LogP contribution is 1.59. The van der Waals surface area contributed by atoms with E-state index >= 15 is 0 Å². The number of rotatable bonds is 1. The van der Waals surface area contributed by atoms with Crippen LogP contribution in [0.3, 0.4) is 0 Å².